The number of para-hydroxylation sites is 1. The second kappa shape index (κ2) is 10.2. The zero-order valence-electron chi connectivity index (χ0n) is 19.9. The number of fused-ring (bicyclic) bond motifs is 1. The van der Waals surface area contributed by atoms with Crippen molar-refractivity contribution in [2.75, 3.05) is 37.6 Å². The number of hydrogen-bond acceptors (Lipinski definition) is 5. The van der Waals surface area contributed by atoms with Crippen molar-refractivity contribution in [3.05, 3.63) is 95.7 Å². The lowest BCUT2D eigenvalue weighted by atomic mass is 10.1. The molecule has 0 aliphatic carbocycles. The lowest BCUT2D eigenvalue weighted by molar-refractivity contribution is 0.0729. The molecule has 0 spiro atoms. The zero-order valence-corrected chi connectivity index (χ0v) is 19.9. The Bertz CT molecular complexity index is 1320. The Morgan fingerprint density at radius 2 is 1.63 bits per heavy atom. The molecule has 6 heteroatoms. The Labute approximate surface area is 205 Å². The van der Waals surface area contributed by atoms with Crippen molar-refractivity contribution in [1.29, 1.82) is 0 Å². The van der Waals surface area contributed by atoms with E-state index < -0.39 is 5.97 Å². The van der Waals surface area contributed by atoms with Gasteiger partial charge in [0, 0.05) is 61.3 Å². The molecule has 0 amide bonds. The van der Waals surface area contributed by atoms with E-state index in [1.54, 1.807) is 30.3 Å². The van der Waals surface area contributed by atoms with Gasteiger partial charge in [0.2, 0.25) is 0 Å². The third-order valence-electron chi connectivity index (χ3n) is 6.53. The highest BCUT2D eigenvalue weighted by Crippen LogP contribution is 2.20. The van der Waals surface area contributed by atoms with Crippen LogP contribution in [0.1, 0.15) is 32.8 Å². The largest absolute Gasteiger partial charge is 0.422 e. The molecule has 35 heavy (non-hydrogen) atoms. The molecule has 1 N–H and O–H groups in total. The molecule has 1 saturated heterocycles. The number of anilines is 1. The van der Waals surface area contributed by atoms with E-state index in [1.165, 1.54) is 5.69 Å². The molecule has 0 saturated carbocycles. The number of H-pyrrole nitrogens is 1. The first-order valence-corrected chi connectivity index (χ1v) is 12.0. The summed E-state index contributed by atoms with van der Waals surface area (Å²) in [4.78, 5) is 33.1. The Morgan fingerprint density at radius 3 is 2.37 bits per heavy atom. The second-order valence-corrected chi connectivity index (χ2v) is 9.03. The van der Waals surface area contributed by atoms with Crippen LogP contribution in [-0.2, 0) is 0 Å². The maximum absolute atomic E-state index is 12.7. The second-order valence-electron chi connectivity index (χ2n) is 9.03. The van der Waals surface area contributed by atoms with E-state index >= 15 is 0 Å². The predicted molar refractivity (Wildman–Crippen MR) is 138 cm³/mol. The van der Waals surface area contributed by atoms with E-state index in [0.29, 0.717) is 23.4 Å². The van der Waals surface area contributed by atoms with Gasteiger partial charge in [0.1, 0.15) is 11.4 Å². The summed E-state index contributed by atoms with van der Waals surface area (Å²) in [5.41, 5.74) is 4.31. The lowest BCUT2D eigenvalue weighted by Gasteiger charge is -2.36. The van der Waals surface area contributed by atoms with Crippen LogP contribution in [0.3, 0.4) is 0 Å². The first-order valence-electron chi connectivity index (χ1n) is 12.0. The topological polar surface area (TPSA) is 65.6 Å². The van der Waals surface area contributed by atoms with Crippen LogP contribution in [0.5, 0.6) is 5.75 Å². The van der Waals surface area contributed by atoms with Gasteiger partial charge in [0.25, 0.3) is 0 Å². The highest BCUT2D eigenvalue weighted by molar-refractivity contribution is 5.97. The maximum atomic E-state index is 12.7. The molecule has 3 aromatic carbocycles. The SMILES string of the molecule is Cc1ccc2[nH]c(C(=O)Oc3ccc(C(=O)CCN4CCN(c5ccccc5)CC4)cc3)cc2c1. The summed E-state index contributed by atoms with van der Waals surface area (Å²) in [5.74, 6) is 0.0605. The summed E-state index contributed by atoms with van der Waals surface area (Å²) in [6.45, 7) is 6.59. The number of aromatic amines is 1. The molecular weight excluding hydrogens is 438 g/mol. The molecule has 0 atom stereocenters. The van der Waals surface area contributed by atoms with Crippen molar-refractivity contribution >= 4 is 28.3 Å². The number of carbonyl (C=O) groups is 2. The Hall–Kier alpha value is -3.90. The van der Waals surface area contributed by atoms with Crippen LogP contribution < -0.4 is 9.64 Å². The van der Waals surface area contributed by atoms with Gasteiger partial charge in [-0.2, -0.15) is 0 Å². The molecule has 1 aliphatic rings. The van der Waals surface area contributed by atoms with Crippen LogP contribution in [0.25, 0.3) is 10.9 Å². The van der Waals surface area contributed by atoms with Crippen LogP contribution in [-0.4, -0.2) is 54.4 Å². The van der Waals surface area contributed by atoms with E-state index in [0.717, 1.165) is 49.2 Å². The molecule has 1 aromatic heterocycles. The first-order chi connectivity index (χ1) is 17.0. The van der Waals surface area contributed by atoms with Gasteiger partial charge in [-0.05, 0) is 61.5 Å². The van der Waals surface area contributed by atoms with Gasteiger partial charge < -0.3 is 14.6 Å². The summed E-state index contributed by atoms with van der Waals surface area (Å²) >= 11 is 0. The summed E-state index contributed by atoms with van der Waals surface area (Å²) < 4.78 is 5.50. The monoisotopic (exact) mass is 467 g/mol. The number of nitrogens with zero attached hydrogens (tertiary/aromatic N) is 2. The Morgan fingerprint density at radius 1 is 0.886 bits per heavy atom. The molecule has 2 heterocycles. The van der Waals surface area contributed by atoms with E-state index in [-0.39, 0.29) is 5.78 Å². The van der Waals surface area contributed by atoms with Crippen LogP contribution in [0.15, 0.2) is 78.9 Å². The minimum Gasteiger partial charge on any atom is -0.422 e. The average molecular weight is 468 g/mol. The highest BCUT2D eigenvalue weighted by atomic mass is 16.5. The lowest BCUT2D eigenvalue weighted by Crippen LogP contribution is -2.46. The number of Topliss-reactive ketones (excluding diaryl/α,β-unsaturated/α-hetero) is 1. The Balaban J connectivity index is 1.11. The Kier molecular flexibility index (Phi) is 6.64. The van der Waals surface area contributed by atoms with E-state index in [1.807, 2.05) is 31.2 Å². The number of carbonyl (C=O) groups excluding carboxylic acids is 2. The quantitative estimate of drug-likeness (QED) is 0.233. The van der Waals surface area contributed by atoms with E-state index in [2.05, 4.69) is 39.0 Å². The number of rotatable bonds is 7. The zero-order chi connectivity index (χ0) is 24.2. The van der Waals surface area contributed by atoms with E-state index in [9.17, 15) is 9.59 Å². The molecule has 0 unspecified atom stereocenters. The first kappa shape index (κ1) is 22.9. The van der Waals surface area contributed by atoms with Crippen molar-refractivity contribution in [2.45, 2.75) is 13.3 Å². The smallest absolute Gasteiger partial charge is 0.360 e. The number of ketones is 1. The maximum Gasteiger partial charge on any atom is 0.360 e. The van der Waals surface area contributed by atoms with Crippen LogP contribution in [0, 0.1) is 6.92 Å². The number of esters is 1. The van der Waals surface area contributed by atoms with Gasteiger partial charge in [0.05, 0.1) is 0 Å². The summed E-state index contributed by atoms with van der Waals surface area (Å²) in [5, 5.41) is 0.972. The number of nitrogens with one attached hydrogen (secondary N) is 1. The molecule has 6 nitrogen and oxygen atoms in total. The number of aryl methyl sites for hydroxylation is 1. The number of piperazine rings is 1. The predicted octanol–water partition coefficient (Wildman–Crippen LogP) is 5.09. The van der Waals surface area contributed by atoms with Crippen molar-refractivity contribution in [1.82, 2.24) is 9.88 Å². The number of aromatic nitrogens is 1. The molecule has 0 radical (unpaired) electrons. The normalized spacial score (nSPS) is 14.3. The molecule has 1 aliphatic heterocycles. The average Bonchev–Trinajstić information content (AvgIpc) is 3.32. The van der Waals surface area contributed by atoms with Crippen LogP contribution in [0.2, 0.25) is 0 Å². The van der Waals surface area contributed by atoms with Crippen molar-refractivity contribution < 1.29 is 14.3 Å². The fourth-order valence-corrected chi connectivity index (χ4v) is 4.51. The molecule has 178 valence electrons. The minimum atomic E-state index is -0.451. The summed E-state index contributed by atoms with van der Waals surface area (Å²) in [6, 6.07) is 25.0. The summed E-state index contributed by atoms with van der Waals surface area (Å²) in [7, 11) is 0. The van der Waals surface area contributed by atoms with Gasteiger partial charge >= 0.3 is 5.97 Å². The van der Waals surface area contributed by atoms with Crippen molar-refractivity contribution in [3.8, 4) is 5.75 Å². The van der Waals surface area contributed by atoms with Crippen LogP contribution >= 0.6 is 0 Å². The van der Waals surface area contributed by atoms with Gasteiger partial charge in [-0.25, -0.2) is 4.79 Å². The fourth-order valence-electron chi connectivity index (χ4n) is 4.51. The van der Waals surface area contributed by atoms with Crippen LogP contribution in [0.4, 0.5) is 5.69 Å². The summed E-state index contributed by atoms with van der Waals surface area (Å²) in [6.07, 6.45) is 0.471. The van der Waals surface area contributed by atoms with Gasteiger partial charge in [-0.3, -0.25) is 9.69 Å². The third kappa shape index (κ3) is 5.44. The molecule has 4 aromatic rings. The third-order valence-corrected chi connectivity index (χ3v) is 6.53. The van der Waals surface area contributed by atoms with E-state index in [4.69, 9.17) is 4.74 Å². The van der Waals surface area contributed by atoms with Gasteiger partial charge in [-0.15, -0.1) is 0 Å². The fraction of sp³-hybridized carbons (Fsp3) is 0.241. The number of benzene rings is 3. The molecule has 0 bridgehead atoms. The standard InChI is InChI=1S/C29H29N3O3/c1-21-7-12-26-23(19-21)20-27(30-26)29(34)35-25-10-8-22(9-11-25)28(33)13-14-31-15-17-32(18-16-31)24-5-3-2-4-6-24/h2-12,19-20,30H,13-18H2,1H3. The number of ether oxygens (including phenoxy) is 1. The highest BCUT2D eigenvalue weighted by Gasteiger charge is 2.18. The van der Waals surface area contributed by atoms with Crippen molar-refractivity contribution in [3.63, 3.8) is 0 Å². The van der Waals surface area contributed by atoms with Crippen molar-refractivity contribution in [2.24, 2.45) is 0 Å². The molecule has 5 rings (SSSR count). The van der Waals surface area contributed by atoms with Gasteiger partial charge in [-0.1, -0.05) is 29.8 Å². The number of hydrogen-bond donors (Lipinski definition) is 1. The minimum absolute atomic E-state index is 0.0966. The molecular formula is C29H29N3O3. The van der Waals surface area contributed by atoms with Gasteiger partial charge in [0.15, 0.2) is 5.78 Å². The molecule has 1 fully saturated rings.